The standard InChI is InChI=1S/C23H31N3O5S/c1-18(26(32(3,28)29)21-8-10-22(30-2)11-9-21)23(27)24-16-19-4-6-20(7-5-19)17-25-12-14-31-15-13-25/h4-11,18H,12-17H2,1-3H3,(H,24,27). The van der Waals surface area contributed by atoms with Gasteiger partial charge in [-0.05, 0) is 42.3 Å². The Morgan fingerprint density at radius 2 is 1.69 bits per heavy atom. The summed E-state index contributed by atoms with van der Waals surface area (Å²) in [6.07, 6.45) is 1.09. The predicted molar refractivity (Wildman–Crippen MR) is 124 cm³/mol. The first-order chi connectivity index (χ1) is 15.3. The molecule has 1 unspecified atom stereocenters. The van der Waals surface area contributed by atoms with Gasteiger partial charge in [-0.3, -0.25) is 14.0 Å². The normalized spacial score (nSPS) is 15.7. The van der Waals surface area contributed by atoms with Gasteiger partial charge in [-0.25, -0.2) is 8.42 Å². The third kappa shape index (κ3) is 6.44. The van der Waals surface area contributed by atoms with Crippen molar-refractivity contribution in [3.05, 3.63) is 59.7 Å². The molecule has 0 radical (unpaired) electrons. The van der Waals surface area contributed by atoms with Crippen molar-refractivity contribution in [2.24, 2.45) is 0 Å². The number of benzene rings is 2. The average Bonchev–Trinajstić information content (AvgIpc) is 2.78. The zero-order valence-electron chi connectivity index (χ0n) is 18.8. The van der Waals surface area contributed by atoms with Gasteiger partial charge in [0.25, 0.3) is 0 Å². The molecule has 1 heterocycles. The quantitative estimate of drug-likeness (QED) is 0.615. The van der Waals surface area contributed by atoms with E-state index in [1.165, 1.54) is 12.7 Å². The Bertz CT molecular complexity index is 987. The van der Waals surface area contributed by atoms with Crippen LogP contribution in [-0.2, 0) is 32.6 Å². The Hall–Kier alpha value is -2.62. The van der Waals surface area contributed by atoms with E-state index in [0.29, 0.717) is 18.0 Å². The second-order valence-electron chi connectivity index (χ2n) is 7.86. The Balaban J connectivity index is 1.60. The highest BCUT2D eigenvalue weighted by Gasteiger charge is 2.29. The number of hydrogen-bond acceptors (Lipinski definition) is 6. The largest absolute Gasteiger partial charge is 0.497 e. The molecule has 2 aromatic carbocycles. The zero-order chi connectivity index (χ0) is 23.1. The van der Waals surface area contributed by atoms with Crippen LogP contribution in [0.15, 0.2) is 48.5 Å². The fraction of sp³-hybridized carbons (Fsp3) is 0.435. The smallest absolute Gasteiger partial charge is 0.243 e. The van der Waals surface area contributed by atoms with E-state index >= 15 is 0 Å². The van der Waals surface area contributed by atoms with Gasteiger partial charge in [0.2, 0.25) is 15.9 Å². The SMILES string of the molecule is COc1ccc(N(C(C)C(=O)NCc2ccc(CN3CCOCC3)cc2)S(C)(=O)=O)cc1. The van der Waals surface area contributed by atoms with Crippen LogP contribution in [0.4, 0.5) is 5.69 Å². The van der Waals surface area contributed by atoms with Gasteiger partial charge in [0.05, 0.1) is 32.3 Å². The molecule has 1 amide bonds. The Kier molecular flexibility index (Phi) is 8.11. The summed E-state index contributed by atoms with van der Waals surface area (Å²) in [6.45, 7) is 6.17. The third-order valence-electron chi connectivity index (χ3n) is 5.42. The van der Waals surface area contributed by atoms with Crippen LogP contribution in [0.2, 0.25) is 0 Å². The molecule has 1 aliphatic heterocycles. The molecule has 1 fully saturated rings. The monoisotopic (exact) mass is 461 g/mol. The summed E-state index contributed by atoms with van der Waals surface area (Å²) in [4.78, 5) is 15.1. The third-order valence-corrected chi connectivity index (χ3v) is 6.66. The maximum absolute atomic E-state index is 12.8. The van der Waals surface area contributed by atoms with E-state index in [1.54, 1.807) is 31.2 Å². The molecule has 2 aromatic rings. The number of rotatable bonds is 9. The van der Waals surface area contributed by atoms with Crippen molar-refractivity contribution in [2.75, 3.05) is 44.0 Å². The number of carbonyl (C=O) groups excluding carboxylic acids is 1. The lowest BCUT2D eigenvalue weighted by Gasteiger charge is -2.28. The Morgan fingerprint density at radius 3 is 2.25 bits per heavy atom. The fourth-order valence-corrected chi connectivity index (χ4v) is 4.83. The fourth-order valence-electron chi connectivity index (χ4n) is 3.65. The number of carbonyl (C=O) groups is 1. The number of anilines is 1. The molecule has 0 aromatic heterocycles. The van der Waals surface area contributed by atoms with Crippen LogP contribution in [0.1, 0.15) is 18.1 Å². The number of morpholine rings is 1. The van der Waals surface area contributed by atoms with Crippen molar-refractivity contribution in [3.63, 3.8) is 0 Å². The van der Waals surface area contributed by atoms with Gasteiger partial charge in [-0.15, -0.1) is 0 Å². The van der Waals surface area contributed by atoms with E-state index in [2.05, 4.69) is 22.3 Å². The van der Waals surface area contributed by atoms with Crippen molar-refractivity contribution in [1.29, 1.82) is 0 Å². The molecule has 1 N–H and O–H groups in total. The van der Waals surface area contributed by atoms with Crippen molar-refractivity contribution < 1.29 is 22.7 Å². The minimum atomic E-state index is -3.67. The van der Waals surface area contributed by atoms with Crippen LogP contribution in [0.3, 0.4) is 0 Å². The van der Waals surface area contributed by atoms with Gasteiger partial charge >= 0.3 is 0 Å². The summed E-state index contributed by atoms with van der Waals surface area (Å²) in [5.74, 6) is 0.236. The minimum Gasteiger partial charge on any atom is -0.497 e. The highest BCUT2D eigenvalue weighted by Crippen LogP contribution is 2.24. The molecule has 0 saturated carbocycles. The van der Waals surface area contributed by atoms with E-state index < -0.39 is 16.1 Å². The van der Waals surface area contributed by atoms with Crippen molar-refractivity contribution in [3.8, 4) is 5.75 Å². The molecule has 0 bridgehead atoms. The summed E-state index contributed by atoms with van der Waals surface area (Å²) in [7, 11) is -2.13. The molecule has 1 saturated heterocycles. The molecule has 9 heteroatoms. The Labute approximate surface area is 190 Å². The molecule has 0 spiro atoms. The number of amides is 1. The molecular formula is C23H31N3O5S. The molecular weight excluding hydrogens is 430 g/mol. The first kappa shape index (κ1) is 24.0. The highest BCUT2D eigenvalue weighted by molar-refractivity contribution is 7.92. The van der Waals surface area contributed by atoms with E-state index in [-0.39, 0.29) is 5.91 Å². The summed E-state index contributed by atoms with van der Waals surface area (Å²) in [5.41, 5.74) is 2.56. The summed E-state index contributed by atoms with van der Waals surface area (Å²) >= 11 is 0. The Morgan fingerprint density at radius 1 is 1.09 bits per heavy atom. The first-order valence-electron chi connectivity index (χ1n) is 10.6. The summed E-state index contributed by atoms with van der Waals surface area (Å²) in [5, 5.41) is 2.85. The van der Waals surface area contributed by atoms with Crippen molar-refractivity contribution >= 4 is 21.6 Å². The van der Waals surface area contributed by atoms with Crippen molar-refractivity contribution in [1.82, 2.24) is 10.2 Å². The lowest BCUT2D eigenvalue weighted by molar-refractivity contribution is -0.122. The maximum atomic E-state index is 12.8. The van der Waals surface area contributed by atoms with Crippen LogP contribution in [0.25, 0.3) is 0 Å². The van der Waals surface area contributed by atoms with E-state index in [1.807, 2.05) is 12.1 Å². The molecule has 1 atom stereocenters. The van der Waals surface area contributed by atoms with Crippen LogP contribution >= 0.6 is 0 Å². The zero-order valence-corrected chi connectivity index (χ0v) is 19.6. The van der Waals surface area contributed by atoms with Crippen molar-refractivity contribution in [2.45, 2.75) is 26.1 Å². The van der Waals surface area contributed by atoms with Crippen LogP contribution < -0.4 is 14.4 Å². The van der Waals surface area contributed by atoms with Gasteiger partial charge in [-0.1, -0.05) is 24.3 Å². The van der Waals surface area contributed by atoms with Gasteiger partial charge < -0.3 is 14.8 Å². The van der Waals surface area contributed by atoms with Gasteiger partial charge in [0, 0.05) is 26.2 Å². The average molecular weight is 462 g/mol. The maximum Gasteiger partial charge on any atom is 0.243 e. The molecule has 1 aliphatic rings. The number of methoxy groups -OCH3 is 1. The molecule has 8 nitrogen and oxygen atoms in total. The topological polar surface area (TPSA) is 88.2 Å². The van der Waals surface area contributed by atoms with Gasteiger partial charge in [0.1, 0.15) is 11.8 Å². The summed E-state index contributed by atoms with van der Waals surface area (Å²) in [6, 6.07) is 13.7. The van der Waals surface area contributed by atoms with Crippen LogP contribution in [0.5, 0.6) is 5.75 Å². The van der Waals surface area contributed by atoms with E-state index in [0.717, 1.165) is 49.0 Å². The highest BCUT2D eigenvalue weighted by atomic mass is 32.2. The molecule has 32 heavy (non-hydrogen) atoms. The van der Waals surface area contributed by atoms with Gasteiger partial charge in [0.15, 0.2) is 0 Å². The number of hydrogen-bond donors (Lipinski definition) is 1. The van der Waals surface area contributed by atoms with E-state index in [4.69, 9.17) is 9.47 Å². The lowest BCUT2D eigenvalue weighted by Crippen LogP contribution is -2.47. The number of ether oxygens (including phenoxy) is 2. The lowest BCUT2D eigenvalue weighted by atomic mass is 10.1. The first-order valence-corrected chi connectivity index (χ1v) is 12.4. The minimum absolute atomic E-state index is 0.321. The second-order valence-corrected chi connectivity index (χ2v) is 9.72. The molecule has 174 valence electrons. The summed E-state index contributed by atoms with van der Waals surface area (Å²) < 4.78 is 36.4. The molecule has 0 aliphatic carbocycles. The van der Waals surface area contributed by atoms with Gasteiger partial charge in [-0.2, -0.15) is 0 Å². The molecule has 3 rings (SSSR count). The number of nitrogens with one attached hydrogen (secondary N) is 1. The van der Waals surface area contributed by atoms with Crippen LogP contribution in [-0.4, -0.2) is 64.9 Å². The predicted octanol–water partition coefficient (Wildman–Crippen LogP) is 2.00. The van der Waals surface area contributed by atoms with Crippen LogP contribution in [0, 0.1) is 0 Å². The van der Waals surface area contributed by atoms with E-state index in [9.17, 15) is 13.2 Å². The number of sulfonamides is 1. The number of nitrogens with zero attached hydrogens (tertiary/aromatic N) is 2. The second kappa shape index (κ2) is 10.8.